The quantitative estimate of drug-likeness (QED) is 0.462. The Hall–Kier alpha value is -1.61. The third kappa shape index (κ3) is 7.33. The number of benzene rings is 1. The van der Waals surface area contributed by atoms with Crippen LogP contribution in [0.25, 0.3) is 0 Å². The Morgan fingerprint density at radius 3 is 1.58 bits per heavy atom. The van der Waals surface area contributed by atoms with Crippen LogP contribution in [-0.2, 0) is 9.84 Å². The van der Waals surface area contributed by atoms with Gasteiger partial charge in [0.2, 0.25) is 0 Å². The van der Waals surface area contributed by atoms with Crippen molar-refractivity contribution in [2.75, 3.05) is 0 Å². The number of allylic oxidation sites excluding steroid dienone is 5. The molecule has 0 aliphatic heterocycles. The maximum atomic E-state index is 12.8. The Bertz CT molecular complexity index is 766. The van der Waals surface area contributed by atoms with Crippen molar-refractivity contribution in [3.63, 3.8) is 0 Å². The summed E-state index contributed by atoms with van der Waals surface area (Å²) in [5.74, 6) is 0. The highest BCUT2D eigenvalue weighted by molar-refractivity contribution is 7.94. The van der Waals surface area contributed by atoms with Gasteiger partial charge in [-0.3, -0.25) is 0 Å². The van der Waals surface area contributed by atoms with Crippen LogP contribution in [-0.4, -0.2) is 8.42 Å². The lowest BCUT2D eigenvalue weighted by atomic mass is 9.98. The van der Waals surface area contributed by atoms with E-state index >= 15 is 0 Å². The molecule has 3 heteroatoms. The Labute approximate surface area is 160 Å². The summed E-state index contributed by atoms with van der Waals surface area (Å²) in [6, 6.07) is 7.09. The fourth-order valence-corrected chi connectivity index (χ4v) is 3.78. The normalized spacial score (nSPS) is 11.0. The highest BCUT2D eigenvalue weighted by atomic mass is 32.2. The minimum Gasteiger partial charge on any atom is -0.219 e. The molecule has 2 nitrogen and oxygen atoms in total. The highest BCUT2D eigenvalue weighted by Gasteiger charge is 2.13. The first-order valence-electron chi connectivity index (χ1n) is 9.30. The molecule has 0 aromatic heterocycles. The van der Waals surface area contributed by atoms with Gasteiger partial charge in [-0.25, -0.2) is 8.42 Å². The summed E-state index contributed by atoms with van der Waals surface area (Å²) in [5.41, 5.74) is 7.36. The van der Waals surface area contributed by atoms with E-state index in [4.69, 9.17) is 0 Å². The van der Waals surface area contributed by atoms with Gasteiger partial charge in [-0.15, -0.1) is 0 Å². The molecule has 26 heavy (non-hydrogen) atoms. The van der Waals surface area contributed by atoms with Crippen molar-refractivity contribution in [1.29, 1.82) is 0 Å². The lowest BCUT2D eigenvalue weighted by Gasteiger charge is -2.11. The van der Waals surface area contributed by atoms with Gasteiger partial charge in [0.15, 0.2) is 9.84 Å². The van der Waals surface area contributed by atoms with Crippen molar-refractivity contribution >= 4 is 9.84 Å². The number of rotatable bonds is 8. The Balaban J connectivity index is 3.11. The van der Waals surface area contributed by atoms with E-state index in [0.717, 1.165) is 36.8 Å². The summed E-state index contributed by atoms with van der Waals surface area (Å²) >= 11 is 0. The molecule has 0 aliphatic carbocycles. The Morgan fingerprint density at radius 1 is 0.769 bits per heavy atom. The topological polar surface area (TPSA) is 34.1 Å². The third-order valence-electron chi connectivity index (χ3n) is 5.02. The molecular formula is C23H34O2S. The molecule has 0 spiro atoms. The van der Waals surface area contributed by atoms with Gasteiger partial charge in [0.25, 0.3) is 0 Å². The lowest BCUT2D eigenvalue weighted by molar-refractivity contribution is 0.604. The molecule has 0 atom stereocenters. The zero-order valence-corrected chi connectivity index (χ0v) is 18.3. The van der Waals surface area contributed by atoms with Crippen LogP contribution >= 0.6 is 0 Å². The summed E-state index contributed by atoms with van der Waals surface area (Å²) in [5, 5.41) is 1.51. The molecule has 1 aromatic rings. The van der Waals surface area contributed by atoms with Crippen LogP contribution in [0.3, 0.4) is 0 Å². The van der Waals surface area contributed by atoms with E-state index in [2.05, 4.69) is 41.5 Å². The van der Waals surface area contributed by atoms with Gasteiger partial charge in [-0.1, -0.05) is 45.6 Å². The molecule has 0 saturated carbocycles. The van der Waals surface area contributed by atoms with Gasteiger partial charge in [0.05, 0.1) is 4.90 Å². The van der Waals surface area contributed by atoms with Crippen molar-refractivity contribution in [3.8, 4) is 0 Å². The zero-order valence-electron chi connectivity index (χ0n) is 17.4. The third-order valence-corrected chi connectivity index (χ3v) is 6.59. The maximum Gasteiger partial charge on any atom is 0.199 e. The van der Waals surface area contributed by atoms with Crippen molar-refractivity contribution in [2.24, 2.45) is 0 Å². The first-order chi connectivity index (χ1) is 12.0. The van der Waals surface area contributed by atoms with Gasteiger partial charge in [0, 0.05) is 5.41 Å². The van der Waals surface area contributed by atoms with Crippen molar-refractivity contribution in [2.45, 2.75) is 79.0 Å². The average molecular weight is 375 g/mol. The minimum absolute atomic E-state index is 0.374. The Kier molecular flexibility index (Phi) is 8.55. The molecule has 0 fully saturated rings. The molecule has 0 bridgehead atoms. The largest absolute Gasteiger partial charge is 0.219 e. The molecule has 0 saturated heterocycles. The number of hydrogen-bond acceptors (Lipinski definition) is 2. The molecule has 0 radical (unpaired) electrons. The van der Waals surface area contributed by atoms with E-state index in [-0.39, 0.29) is 0 Å². The summed E-state index contributed by atoms with van der Waals surface area (Å²) in [6.07, 6.45) is 3.40. The van der Waals surface area contributed by atoms with E-state index in [1.54, 1.807) is 12.1 Å². The molecule has 0 unspecified atom stereocenters. The van der Waals surface area contributed by atoms with E-state index in [9.17, 15) is 8.42 Å². The second-order valence-electron chi connectivity index (χ2n) is 7.69. The van der Waals surface area contributed by atoms with Gasteiger partial charge in [-0.05, 0) is 86.3 Å². The van der Waals surface area contributed by atoms with Gasteiger partial charge < -0.3 is 0 Å². The number of hydrogen-bond donors (Lipinski definition) is 0. The van der Waals surface area contributed by atoms with Gasteiger partial charge >= 0.3 is 0 Å². The molecule has 0 N–H and O–H groups in total. The number of aryl methyl sites for hydroxylation is 1. The van der Waals surface area contributed by atoms with E-state index in [1.165, 1.54) is 27.7 Å². The van der Waals surface area contributed by atoms with Crippen LogP contribution in [0.4, 0.5) is 0 Å². The molecule has 144 valence electrons. The average Bonchev–Trinajstić information content (AvgIpc) is 2.56. The van der Waals surface area contributed by atoms with Crippen LogP contribution in [0, 0.1) is 6.92 Å². The predicted molar refractivity (Wildman–Crippen MR) is 113 cm³/mol. The van der Waals surface area contributed by atoms with Gasteiger partial charge in [-0.2, -0.15) is 0 Å². The SMILES string of the molecule is CC(C)=C(C)CCC(=CS(=O)(=O)c1ccc(C)cc1)CCC(C)=C(C)C. The predicted octanol–water partition coefficient (Wildman–Crippen LogP) is 6.93. The van der Waals surface area contributed by atoms with Crippen LogP contribution in [0.2, 0.25) is 0 Å². The standard InChI is InChI=1S/C23H34O2S/c1-17(2)20(6)10-12-22(13-11-21(7)18(3)4)16-26(24,25)23-14-8-19(5)9-15-23/h8-9,14-16H,10-13H2,1-7H3. The first kappa shape index (κ1) is 22.4. The fourth-order valence-electron chi connectivity index (χ4n) is 2.45. The molecule has 1 rings (SSSR count). The highest BCUT2D eigenvalue weighted by Crippen LogP contribution is 2.24. The monoisotopic (exact) mass is 374 g/mol. The molecule has 0 heterocycles. The Morgan fingerprint density at radius 2 is 1.19 bits per heavy atom. The van der Waals surface area contributed by atoms with E-state index in [1.807, 2.05) is 19.1 Å². The number of sulfone groups is 1. The summed E-state index contributed by atoms with van der Waals surface area (Å²) in [4.78, 5) is 0.374. The van der Waals surface area contributed by atoms with Crippen LogP contribution in [0.15, 0.2) is 62.4 Å². The molecule has 0 aliphatic rings. The second-order valence-corrected chi connectivity index (χ2v) is 9.49. The first-order valence-corrected chi connectivity index (χ1v) is 10.8. The van der Waals surface area contributed by atoms with Crippen LogP contribution < -0.4 is 0 Å². The zero-order chi connectivity index (χ0) is 19.9. The summed E-state index contributed by atoms with van der Waals surface area (Å²) < 4.78 is 25.6. The smallest absolute Gasteiger partial charge is 0.199 e. The summed E-state index contributed by atoms with van der Waals surface area (Å²) in [6.45, 7) is 14.6. The van der Waals surface area contributed by atoms with Crippen molar-refractivity contribution < 1.29 is 8.42 Å². The summed E-state index contributed by atoms with van der Waals surface area (Å²) in [7, 11) is -3.41. The van der Waals surface area contributed by atoms with Crippen molar-refractivity contribution in [3.05, 3.63) is 63.1 Å². The van der Waals surface area contributed by atoms with Crippen LogP contribution in [0.1, 0.15) is 72.8 Å². The van der Waals surface area contributed by atoms with Crippen molar-refractivity contribution in [1.82, 2.24) is 0 Å². The van der Waals surface area contributed by atoms with E-state index < -0.39 is 9.84 Å². The molecular weight excluding hydrogens is 340 g/mol. The fraction of sp³-hybridized carbons (Fsp3) is 0.478. The van der Waals surface area contributed by atoms with E-state index in [0.29, 0.717) is 4.90 Å². The minimum atomic E-state index is -3.41. The lowest BCUT2D eigenvalue weighted by Crippen LogP contribution is -2.00. The maximum absolute atomic E-state index is 12.8. The molecule has 1 aromatic carbocycles. The molecule has 0 amide bonds. The second kappa shape index (κ2) is 9.91. The van der Waals surface area contributed by atoms with Gasteiger partial charge in [0.1, 0.15) is 0 Å². The van der Waals surface area contributed by atoms with Crippen LogP contribution in [0.5, 0.6) is 0 Å².